The lowest BCUT2D eigenvalue weighted by molar-refractivity contribution is 0.317. The number of hydrogen-bond acceptors (Lipinski definition) is 2. The van der Waals surface area contributed by atoms with Crippen molar-refractivity contribution in [1.29, 1.82) is 0 Å². The molecule has 2 aromatic carbocycles. The molecule has 0 unspecified atom stereocenters. The minimum atomic E-state index is 0.349. The van der Waals surface area contributed by atoms with E-state index in [0.29, 0.717) is 6.04 Å². The Labute approximate surface area is 128 Å². The van der Waals surface area contributed by atoms with Crippen LogP contribution in [0.1, 0.15) is 43.0 Å². The Morgan fingerprint density at radius 2 is 1.67 bits per heavy atom. The van der Waals surface area contributed by atoms with Crippen molar-refractivity contribution in [2.45, 2.75) is 39.8 Å². The zero-order chi connectivity index (χ0) is 15.1. The van der Waals surface area contributed by atoms with Gasteiger partial charge in [-0.05, 0) is 43.5 Å². The van der Waals surface area contributed by atoms with E-state index in [9.17, 15) is 0 Å². The lowest BCUT2D eigenvalue weighted by atomic mass is 10.1. The number of nitrogens with one attached hydrogen (secondary N) is 1. The maximum absolute atomic E-state index is 5.60. The third-order valence-corrected chi connectivity index (χ3v) is 3.59. The van der Waals surface area contributed by atoms with E-state index in [-0.39, 0.29) is 0 Å². The third-order valence-electron chi connectivity index (χ3n) is 3.59. The zero-order valence-electron chi connectivity index (χ0n) is 13.2. The lowest BCUT2D eigenvalue weighted by Crippen LogP contribution is -2.17. The van der Waals surface area contributed by atoms with Crippen LogP contribution in [0.5, 0.6) is 5.75 Å². The first kappa shape index (κ1) is 15.6. The molecule has 0 aliphatic rings. The summed E-state index contributed by atoms with van der Waals surface area (Å²) in [5.74, 6) is 0.951. The van der Waals surface area contributed by atoms with E-state index in [4.69, 9.17) is 4.74 Å². The molecule has 2 nitrogen and oxygen atoms in total. The highest BCUT2D eigenvalue weighted by Crippen LogP contribution is 2.16. The van der Waals surface area contributed by atoms with Gasteiger partial charge >= 0.3 is 0 Å². The molecule has 2 heteroatoms. The van der Waals surface area contributed by atoms with Gasteiger partial charge in [-0.15, -0.1) is 0 Å². The molecule has 0 aliphatic heterocycles. The van der Waals surface area contributed by atoms with Crippen LogP contribution in [0, 0.1) is 6.92 Å². The van der Waals surface area contributed by atoms with Gasteiger partial charge in [0.1, 0.15) is 5.75 Å². The summed E-state index contributed by atoms with van der Waals surface area (Å²) in [5.41, 5.74) is 3.90. The summed E-state index contributed by atoms with van der Waals surface area (Å²) in [6.45, 7) is 8.07. The number of benzene rings is 2. The second-order valence-corrected chi connectivity index (χ2v) is 5.51. The molecule has 2 aromatic rings. The number of ether oxygens (including phenoxy) is 1. The van der Waals surface area contributed by atoms with Crippen LogP contribution < -0.4 is 10.1 Å². The van der Waals surface area contributed by atoms with E-state index in [2.05, 4.69) is 62.5 Å². The zero-order valence-corrected chi connectivity index (χ0v) is 13.2. The third kappa shape index (κ3) is 4.91. The van der Waals surface area contributed by atoms with Gasteiger partial charge in [0.05, 0.1) is 6.61 Å². The van der Waals surface area contributed by atoms with Gasteiger partial charge in [0.25, 0.3) is 0 Å². The number of rotatable bonds is 7. The molecule has 0 radical (unpaired) electrons. The fourth-order valence-corrected chi connectivity index (χ4v) is 2.17. The van der Waals surface area contributed by atoms with E-state index in [1.165, 1.54) is 16.7 Å². The fraction of sp³-hybridized carbons (Fsp3) is 0.368. The second-order valence-electron chi connectivity index (χ2n) is 5.51. The standard InChI is InChI=1S/C19H25NO/c1-4-13-21-19-11-7-17(8-12-19)14-20-16(3)18-9-5-15(2)6-10-18/h5-12,16,20H,4,13-14H2,1-3H3/t16-/m1/s1. The fourth-order valence-electron chi connectivity index (χ4n) is 2.17. The van der Waals surface area contributed by atoms with E-state index < -0.39 is 0 Å². The minimum absolute atomic E-state index is 0.349. The Kier molecular flexibility index (Phi) is 5.82. The topological polar surface area (TPSA) is 21.3 Å². The smallest absolute Gasteiger partial charge is 0.119 e. The van der Waals surface area contributed by atoms with E-state index in [1.807, 2.05) is 12.1 Å². The first-order valence-corrected chi connectivity index (χ1v) is 7.70. The normalized spacial score (nSPS) is 12.1. The molecule has 0 bridgehead atoms. The van der Waals surface area contributed by atoms with E-state index >= 15 is 0 Å². The summed E-state index contributed by atoms with van der Waals surface area (Å²) >= 11 is 0. The molecule has 0 saturated heterocycles. The van der Waals surface area contributed by atoms with Crippen LogP contribution in [0.4, 0.5) is 0 Å². The van der Waals surface area contributed by atoms with Crippen molar-refractivity contribution in [3.63, 3.8) is 0 Å². The number of aryl methyl sites for hydroxylation is 1. The highest BCUT2D eigenvalue weighted by Gasteiger charge is 2.04. The quantitative estimate of drug-likeness (QED) is 0.799. The van der Waals surface area contributed by atoms with Gasteiger partial charge in [0, 0.05) is 12.6 Å². The van der Waals surface area contributed by atoms with Gasteiger partial charge in [-0.1, -0.05) is 48.9 Å². The number of hydrogen-bond donors (Lipinski definition) is 1. The average molecular weight is 283 g/mol. The van der Waals surface area contributed by atoms with Crippen molar-refractivity contribution >= 4 is 0 Å². The van der Waals surface area contributed by atoms with Crippen molar-refractivity contribution in [2.24, 2.45) is 0 Å². The Morgan fingerprint density at radius 3 is 2.29 bits per heavy atom. The summed E-state index contributed by atoms with van der Waals surface area (Å²) in [4.78, 5) is 0. The Hall–Kier alpha value is -1.80. The van der Waals surface area contributed by atoms with Crippen molar-refractivity contribution < 1.29 is 4.74 Å². The van der Waals surface area contributed by atoms with Crippen molar-refractivity contribution in [3.8, 4) is 5.75 Å². The predicted molar refractivity (Wildman–Crippen MR) is 88.7 cm³/mol. The molecule has 21 heavy (non-hydrogen) atoms. The molecular formula is C19H25NO. The van der Waals surface area contributed by atoms with Crippen LogP contribution in [-0.4, -0.2) is 6.61 Å². The molecule has 0 saturated carbocycles. The SMILES string of the molecule is CCCOc1ccc(CN[C@H](C)c2ccc(C)cc2)cc1. The van der Waals surface area contributed by atoms with E-state index in [0.717, 1.165) is 25.3 Å². The highest BCUT2D eigenvalue weighted by molar-refractivity contribution is 5.28. The lowest BCUT2D eigenvalue weighted by Gasteiger charge is -2.15. The van der Waals surface area contributed by atoms with Gasteiger partial charge in [-0.2, -0.15) is 0 Å². The summed E-state index contributed by atoms with van der Waals surface area (Å²) in [5, 5.41) is 3.56. The van der Waals surface area contributed by atoms with Crippen LogP contribution in [0.15, 0.2) is 48.5 Å². The molecule has 112 valence electrons. The molecule has 0 amide bonds. The molecule has 0 aromatic heterocycles. The summed E-state index contributed by atoms with van der Waals surface area (Å²) < 4.78 is 5.60. The second kappa shape index (κ2) is 7.84. The predicted octanol–water partition coefficient (Wildman–Crippen LogP) is 4.63. The van der Waals surface area contributed by atoms with Crippen LogP contribution in [0.2, 0.25) is 0 Å². The molecule has 0 heterocycles. The maximum atomic E-state index is 5.60. The van der Waals surface area contributed by atoms with Crippen LogP contribution in [0.25, 0.3) is 0 Å². The molecule has 0 aliphatic carbocycles. The van der Waals surface area contributed by atoms with Crippen LogP contribution in [0.3, 0.4) is 0 Å². The molecule has 1 N–H and O–H groups in total. The van der Waals surface area contributed by atoms with Gasteiger partial charge in [-0.25, -0.2) is 0 Å². The molecular weight excluding hydrogens is 258 g/mol. The largest absolute Gasteiger partial charge is 0.494 e. The van der Waals surface area contributed by atoms with E-state index in [1.54, 1.807) is 0 Å². The van der Waals surface area contributed by atoms with Crippen LogP contribution >= 0.6 is 0 Å². The first-order valence-electron chi connectivity index (χ1n) is 7.70. The highest BCUT2D eigenvalue weighted by atomic mass is 16.5. The monoisotopic (exact) mass is 283 g/mol. The Balaban J connectivity index is 1.86. The van der Waals surface area contributed by atoms with Gasteiger partial charge in [0.15, 0.2) is 0 Å². The summed E-state index contributed by atoms with van der Waals surface area (Å²) in [6.07, 6.45) is 1.04. The first-order chi connectivity index (χ1) is 10.2. The minimum Gasteiger partial charge on any atom is -0.494 e. The van der Waals surface area contributed by atoms with Crippen LogP contribution in [-0.2, 0) is 6.54 Å². The van der Waals surface area contributed by atoms with Gasteiger partial charge in [0.2, 0.25) is 0 Å². The Morgan fingerprint density at radius 1 is 1.00 bits per heavy atom. The molecule has 0 spiro atoms. The van der Waals surface area contributed by atoms with Gasteiger partial charge in [-0.3, -0.25) is 0 Å². The molecule has 0 fully saturated rings. The average Bonchev–Trinajstić information content (AvgIpc) is 2.52. The Bertz CT molecular complexity index is 530. The van der Waals surface area contributed by atoms with Crippen molar-refractivity contribution in [1.82, 2.24) is 5.32 Å². The molecule has 2 rings (SSSR count). The summed E-state index contributed by atoms with van der Waals surface area (Å²) in [7, 11) is 0. The van der Waals surface area contributed by atoms with Crippen molar-refractivity contribution in [2.75, 3.05) is 6.61 Å². The van der Waals surface area contributed by atoms with Gasteiger partial charge < -0.3 is 10.1 Å². The molecule has 1 atom stereocenters. The van der Waals surface area contributed by atoms with Crippen molar-refractivity contribution in [3.05, 3.63) is 65.2 Å². The summed E-state index contributed by atoms with van der Waals surface area (Å²) in [6, 6.07) is 17.4. The maximum Gasteiger partial charge on any atom is 0.119 e.